The number of ether oxygens (including phenoxy) is 2. The van der Waals surface area contributed by atoms with Gasteiger partial charge < -0.3 is 24.8 Å². The molecule has 0 amide bonds. The molecule has 0 saturated carbocycles. The van der Waals surface area contributed by atoms with Crippen LogP contribution in [-0.2, 0) is 23.4 Å². The highest BCUT2D eigenvalue weighted by molar-refractivity contribution is 7.52. The molecular formula is C24H34FN4O9P. The lowest BCUT2D eigenvalue weighted by Crippen LogP contribution is -2.59. The normalized spacial score (nSPS) is 25.7. The molecule has 0 radical (unpaired) electrons. The van der Waals surface area contributed by atoms with E-state index in [9.17, 15) is 28.4 Å². The van der Waals surface area contributed by atoms with E-state index in [1.807, 2.05) is 4.98 Å². The highest BCUT2D eigenvalue weighted by Gasteiger charge is 2.61. The lowest BCUT2D eigenvalue weighted by molar-refractivity contribution is -0.149. The van der Waals surface area contributed by atoms with Crippen molar-refractivity contribution in [2.75, 3.05) is 6.67 Å². The highest BCUT2D eigenvalue weighted by Crippen LogP contribution is 2.52. The minimum Gasteiger partial charge on any atom is -0.462 e. The Morgan fingerprint density at radius 2 is 1.92 bits per heavy atom. The number of alkyl halides is 1. The van der Waals surface area contributed by atoms with Crippen LogP contribution in [0.25, 0.3) is 0 Å². The van der Waals surface area contributed by atoms with E-state index >= 15 is 0 Å². The molecule has 1 aromatic heterocycles. The van der Waals surface area contributed by atoms with E-state index in [1.165, 1.54) is 32.9 Å². The predicted molar refractivity (Wildman–Crippen MR) is 138 cm³/mol. The minimum atomic E-state index is -4.45. The van der Waals surface area contributed by atoms with Crippen molar-refractivity contribution in [2.45, 2.75) is 76.3 Å². The zero-order valence-electron chi connectivity index (χ0n) is 22.2. The van der Waals surface area contributed by atoms with E-state index in [0.717, 1.165) is 16.8 Å². The lowest BCUT2D eigenvalue weighted by Gasteiger charge is -2.37. The van der Waals surface area contributed by atoms with Crippen molar-refractivity contribution >= 4 is 13.7 Å². The number of nitrogens with two attached hydrogens (primary N) is 1. The Labute approximate surface area is 224 Å². The number of H-pyrrole nitrogens is 1. The number of nitrogens with one attached hydrogen (secondary N) is 2. The third-order valence-corrected chi connectivity index (χ3v) is 7.84. The van der Waals surface area contributed by atoms with Crippen molar-refractivity contribution in [3.8, 4) is 5.75 Å². The number of benzene rings is 1. The molecule has 0 bridgehead atoms. The van der Waals surface area contributed by atoms with Crippen LogP contribution in [-0.4, -0.2) is 62.8 Å². The molecule has 1 aliphatic heterocycles. The molecule has 216 valence electrons. The average Bonchev–Trinajstić information content (AvgIpc) is 3.10. The Bertz CT molecular complexity index is 1320. The zero-order valence-corrected chi connectivity index (χ0v) is 23.1. The van der Waals surface area contributed by atoms with Gasteiger partial charge in [0.2, 0.25) is 0 Å². The van der Waals surface area contributed by atoms with Crippen molar-refractivity contribution in [2.24, 2.45) is 5.73 Å². The number of esters is 1. The number of aromatic amines is 1. The van der Waals surface area contributed by atoms with Gasteiger partial charge in [0.15, 0.2) is 6.23 Å². The number of carbonyl (C=O) groups excluding carboxylic acids is 1. The van der Waals surface area contributed by atoms with Gasteiger partial charge in [-0.25, -0.2) is 13.8 Å². The third-order valence-electron chi connectivity index (χ3n) is 5.97. The van der Waals surface area contributed by atoms with Crippen LogP contribution in [0, 0.1) is 0 Å². The van der Waals surface area contributed by atoms with Crippen molar-refractivity contribution in [3.63, 3.8) is 0 Å². The summed E-state index contributed by atoms with van der Waals surface area (Å²) in [4.78, 5) is 38.4. The Kier molecular flexibility index (Phi) is 9.20. The van der Waals surface area contributed by atoms with E-state index < -0.39 is 73.4 Å². The second-order valence-electron chi connectivity index (χ2n) is 10.1. The van der Waals surface area contributed by atoms with Gasteiger partial charge in [0.25, 0.3) is 5.56 Å². The number of hydrogen-bond acceptors (Lipinski definition) is 10. The number of aliphatic hydroxyl groups excluding tert-OH is 1. The van der Waals surface area contributed by atoms with Crippen LogP contribution in [0.3, 0.4) is 0 Å². The maximum absolute atomic E-state index is 14.3. The van der Waals surface area contributed by atoms with E-state index in [2.05, 4.69) is 5.09 Å². The molecule has 1 aromatic carbocycles. The Balaban J connectivity index is 1.96. The molecular weight excluding hydrogens is 538 g/mol. The summed E-state index contributed by atoms with van der Waals surface area (Å²) in [6.07, 6.45) is -4.21. The van der Waals surface area contributed by atoms with Gasteiger partial charge in [-0.15, -0.1) is 0 Å². The number of aromatic nitrogens is 2. The highest BCUT2D eigenvalue weighted by atomic mass is 31.2. The fraction of sp³-hybridized carbons (Fsp3) is 0.542. The predicted octanol–water partition coefficient (Wildman–Crippen LogP) is 1.37. The molecule has 2 heterocycles. The van der Waals surface area contributed by atoms with Gasteiger partial charge in [-0.3, -0.25) is 23.7 Å². The summed E-state index contributed by atoms with van der Waals surface area (Å²) in [5.41, 5.74) is 0.669. The van der Waals surface area contributed by atoms with Gasteiger partial charge in [0.05, 0.1) is 6.10 Å². The third kappa shape index (κ3) is 6.83. The van der Waals surface area contributed by atoms with E-state index in [1.54, 1.807) is 32.0 Å². The summed E-state index contributed by atoms with van der Waals surface area (Å²) in [5.74, 6) is -0.590. The molecule has 3 rings (SSSR count). The first-order chi connectivity index (χ1) is 18.1. The summed E-state index contributed by atoms with van der Waals surface area (Å²) in [7, 11) is -4.45. The zero-order chi connectivity index (χ0) is 29.2. The molecule has 39 heavy (non-hydrogen) atoms. The number of nitrogens with zero attached hydrogens (tertiary/aromatic N) is 1. The van der Waals surface area contributed by atoms with Gasteiger partial charge in [0.1, 0.15) is 41.8 Å². The van der Waals surface area contributed by atoms with Crippen molar-refractivity contribution in [1.82, 2.24) is 14.6 Å². The van der Waals surface area contributed by atoms with Gasteiger partial charge in [-0.2, -0.15) is 5.09 Å². The first kappa shape index (κ1) is 30.7. The van der Waals surface area contributed by atoms with E-state index in [-0.39, 0.29) is 5.75 Å². The van der Waals surface area contributed by atoms with Crippen LogP contribution >= 0.6 is 7.75 Å². The average molecular weight is 573 g/mol. The fourth-order valence-electron chi connectivity index (χ4n) is 4.07. The quantitative estimate of drug-likeness (QED) is 0.225. The first-order valence-corrected chi connectivity index (χ1v) is 13.7. The number of carbonyl (C=O) groups is 1. The van der Waals surface area contributed by atoms with Crippen molar-refractivity contribution in [1.29, 1.82) is 0 Å². The molecule has 2 unspecified atom stereocenters. The van der Waals surface area contributed by atoms with Crippen LogP contribution in [0.15, 0.2) is 52.2 Å². The van der Waals surface area contributed by atoms with Crippen LogP contribution in [0.2, 0.25) is 0 Å². The second kappa shape index (κ2) is 11.7. The van der Waals surface area contributed by atoms with E-state index in [4.69, 9.17) is 24.3 Å². The number of halogens is 1. The SMILES string of the molecule is CC(C)OC(=O)[C@H](C)NP(=O)(Oc1ccccc1)OC(C)(C)[C@H]1O[C@@H](n2ccc(=O)[nH]c2=O)[C@@](N)(CF)C1O. The van der Waals surface area contributed by atoms with Crippen molar-refractivity contribution in [3.05, 3.63) is 63.4 Å². The monoisotopic (exact) mass is 572 g/mol. The molecule has 0 aliphatic carbocycles. The van der Waals surface area contributed by atoms with E-state index in [0.29, 0.717) is 0 Å². The number of rotatable bonds is 11. The summed E-state index contributed by atoms with van der Waals surface area (Å²) >= 11 is 0. The topological polar surface area (TPSA) is 184 Å². The van der Waals surface area contributed by atoms with Crippen LogP contribution in [0.1, 0.15) is 40.8 Å². The minimum absolute atomic E-state index is 0.135. The number of para-hydroxylation sites is 1. The molecule has 15 heteroatoms. The summed E-state index contributed by atoms with van der Waals surface area (Å²) < 4.78 is 51.7. The van der Waals surface area contributed by atoms with Crippen LogP contribution in [0.4, 0.5) is 4.39 Å². The maximum Gasteiger partial charge on any atom is 0.460 e. The Morgan fingerprint density at radius 1 is 1.28 bits per heavy atom. The molecule has 1 aliphatic rings. The first-order valence-electron chi connectivity index (χ1n) is 12.2. The maximum atomic E-state index is 14.3. The smallest absolute Gasteiger partial charge is 0.460 e. The summed E-state index contributed by atoms with van der Waals surface area (Å²) in [6, 6.07) is 7.83. The van der Waals surface area contributed by atoms with Gasteiger partial charge in [-0.05, 0) is 46.8 Å². The molecule has 6 atom stereocenters. The standard InChI is InChI=1S/C24H34FN4O9P/c1-14(2)35-20(32)15(3)28-39(34,37-16-9-7-6-8-10-16)38-23(4,5)19-18(31)24(26,13-25)21(36-19)29-12-11-17(30)27-22(29)33/h6-12,14-15,18-19,21,31H,13,26H2,1-5H3,(H,28,34)(H,27,30,33)/t15-,18?,19-,21+,24+,39?/m0/s1. The molecule has 13 nitrogen and oxygen atoms in total. The van der Waals surface area contributed by atoms with Crippen molar-refractivity contribution < 1.29 is 37.4 Å². The molecule has 1 fully saturated rings. The summed E-state index contributed by atoms with van der Waals surface area (Å²) in [5, 5.41) is 13.6. The Hall–Kier alpha value is -2.87. The van der Waals surface area contributed by atoms with Gasteiger partial charge in [0, 0.05) is 12.3 Å². The molecule has 5 N–H and O–H groups in total. The van der Waals surface area contributed by atoms with Crippen LogP contribution in [0.5, 0.6) is 5.75 Å². The van der Waals surface area contributed by atoms with Crippen LogP contribution < -0.4 is 26.6 Å². The van der Waals surface area contributed by atoms with Gasteiger partial charge in [-0.1, -0.05) is 18.2 Å². The lowest BCUT2D eigenvalue weighted by atomic mass is 9.86. The summed E-state index contributed by atoms with van der Waals surface area (Å²) in [6.45, 7) is 6.14. The fourth-order valence-corrected chi connectivity index (χ4v) is 5.92. The molecule has 2 aromatic rings. The molecule has 0 spiro atoms. The second-order valence-corrected chi connectivity index (χ2v) is 11.7. The Morgan fingerprint density at radius 3 is 2.49 bits per heavy atom. The largest absolute Gasteiger partial charge is 0.462 e. The number of aliphatic hydroxyl groups is 1. The van der Waals surface area contributed by atoms with Gasteiger partial charge >= 0.3 is 19.4 Å². The molecule has 1 saturated heterocycles. The number of hydrogen-bond donors (Lipinski definition) is 4.